The minimum Gasteiger partial charge on any atom is -0.457 e. The van der Waals surface area contributed by atoms with Crippen LogP contribution in [-0.4, -0.2) is 17.2 Å². The van der Waals surface area contributed by atoms with E-state index in [4.69, 9.17) is 9.73 Å². The SMILES string of the molecule is CC1=CC(C)(C)N2C(=O)C(=Nc3ccc(Oc4ccccc4)cc3)c3cc(C)cc1c32. The van der Waals surface area contributed by atoms with Gasteiger partial charge in [0.15, 0.2) is 0 Å². The topological polar surface area (TPSA) is 41.9 Å². The normalized spacial score (nSPS) is 17.5. The molecular formula is C27H24N2O2. The van der Waals surface area contributed by atoms with Crippen LogP contribution in [-0.2, 0) is 4.79 Å². The third kappa shape index (κ3) is 3.25. The Morgan fingerprint density at radius 2 is 1.52 bits per heavy atom. The van der Waals surface area contributed by atoms with Gasteiger partial charge in [0.05, 0.1) is 16.9 Å². The van der Waals surface area contributed by atoms with Crippen LogP contribution < -0.4 is 9.64 Å². The summed E-state index contributed by atoms with van der Waals surface area (Å²) in [7, 11) is 0. The van der Waals surface area contributed by atoms with Gasteiger partial charge in [-0.1, -0.05) is 24.3 Å². The highest BCUT2D eigenvalue weighted by Gasteiger charge is 2.45. The fourth-order valence-electron chi connectivity index (χ4n) is 4.50. The molecule has 0 unspecified atom stereocenters. The number of hydrogen-bond donors (Lipinski definition) is 0. The van der Waals surface area contributed by atoms with Crippen molar-refractivity contribution in [3.8, 4) is 11.5 Å². The number of allylic oxidation sites excluding steroid dienone is 1. The third-order valence-corrected chi connectivity index (χ3v) is 5.77. The van der Waals surface area contributed by atoms with E-state index in [-0.39, 0.29) is 5.91 Å². The van der Waals surface area contributed by atoms with Crippen molar-refractivity contribution in [3.05, 3.63) is 89.5 Å². The molecule has 1 amide bonds. The molecule has 154 valence electrons. The standard InChI is InChI=1S/C27H24N2O2/c1-17-14-22-18(2)16-27(3,4)29-25(22)23(15-17)24(26(29)30)28-19-10-12-21(13-11-19)31-20-8-6-5-7-9-20/h5-16H,1-4H3. The van der Waals surface area contributed by atoms with E-state index in [0.29, 0.717) is 5.71 Å². The Morgan fingerprint density at radius 3 is 2.23 bits per heavy atom. The lowest BCUT2D eigenvalue weighted by atomic mass is 9.88. The minimum absolute atomic E-state index is 0.0554. The van der Waals surface area contributed by atoms with E-state index in [1.54, 1.807) is 0 Å². The second-order valence-corrected chi connectivity index (χ2v) is 8.70. The lowest BCUT2D eigenvalue weighted by Crippen LogP contribution is -2.47. The molecule has 4 nitrogen and oxygen atoms in total. The van der Waals surface area contributed by atoms with Crippen molar-refractivity contribution in [2.24, 2.45) is 4.99 Å². The van der Waals surface area contributed by atoms with Gasteiger partial charge in [-0.15, -0.1) is 0 Å². The first-order valence-electron chi connectivity index (χ1n) is 10.4. The van der Waals surface area contributed by atoms with Crippen molar-refractivity contribution in [1.82, 2.24) is 0 Å². The number of benzene rings is 3. The van der Waals surface area contributed by atoms with Crippen molar-refractivity contribution in [2.75, 3.05) is 4.90 Å². The predicted octanol–water partition coefficient (Wildman–Crippen LogP) is 6.45. The molecule has 2 aliphatic heterocycles. The summed E-state index contributed by atoms with van der Waals surface area (Å²) in [6.45, 7) is 8.31. The van der Waals surface area contributed by atoms with Crippen LogP contribution in [0.3, 0.4) is 0 Å². The average molecular weight is 409 g/mol. The number of carbonyl (C=O) groups is 1. The average Bonchev–Trinajstić information content (AvgIpc) is 3.01. The summed E-state index contributed by atoms with van der Waals surface area (Å²) in [6.07, 6.45) is 2.16. The van der Waals surface area contributed by atoms with Crippen LogP contribution in [0.15, 0.2) is 77.8 Å². The lowest BCUT2D eigenvalue weighted by molar-refractivity contribution is -0.112. The fourth-order valence-corrected chi connectivity index (χ4v) is 4.50. The molecule has 5 rings (SSSR count). The predicted molar refractivity (Wildman–Crippen MR) is 126 cm³/mol. The molecule has 0 aromatic heterocycles. The molecule has 0 spiro atoms. The fraction of sp³-hybridized carbons (Fsp3) is 0.185. The zero-order valence-electron chi connectivity index (χ0n) is 18.1. The highest BCUT2D eigenvalue weighted by molar-refractivity contribution is 6.55. The van der Waals surface area contributed by atoms with Crippen LogP contribution in [0.25, 0.3) is 5.57 Å². The summed E-state index contributed by atoms with van der Waals surface area (Å²) >= 11 is 0. The van der Waals surface area contributed by atoms with Crippen LogP contribution in [0.4, 0.5) is 11.4 Å². The van der Waals surface area contributed by atoms with Crippen LogP contribution in [0.1, 0.15) is 37.5 Å². The van der Waals surface area contributed by atoms with Gasteiger partial charge in [0.2, 0.25) is 0 Å². The van der Waals surface area contributed by atoms with Crippen LogP contribution in [0, 0.1) is 6.92 Å². The molecule has 0 fully saturated rings. The van der Waals surface area contributed by atoms with E-state index in [9.17, 15) is 4.79 Å². The van der Waals surface area contributed by atoms with Gasteiger partial charge in [0, 0.05) is 11.1 Å². The number of aliphatic imine (C=N–C) groups is 1. The highest BCUT2D eigenvalue weighted by atomic mass is 16.5. The van der Waals surface area contributed by atoms with Crippen LogP contribution in [0.2, 0.25) is 0 Å². The van der Waals surface area contributed by atoms with Crippen molar-refractivity contribution in [3.63, 3.8) is 0 Å². The monoisotopic (exact) mass is 408 g/mol. The molecule has 2 aliphatic rings. The van der Waals surface area contributed by atoms with Gasteiger partial charge in [-0.3, -0.25) is 9.69 Å². The Morgan fingerprint density at radius 1 is 0.871 bits per heavy atom. The molecule has 0 N–H and O–H groups in total. The van der Waals surface area contributed by atoms with Gasteiger partial charge in [0.25, 0.3) is 5.91 Å². The number of nitrogens with zero attached hydrogens (tertiary/aromatic N) is 2. The van der Waals surface area contributed by atoms with E-state index < -0.39 is 5.54 Å². The third-order valence-electron chi connectivity index (χ3n) is 5.77. The number of anilines is 1. The quantitative estimate of drug-likeness (QED) is 0.500. The largest absolute Gasteiger partial charge is 0.457 e. The Kier molecular flexibility index (Phi) is 4.33. The summed E-state index contributed by atoms with van der Waals surface area (Å²) < 4.78 is 5.86. The van der Waals surface area contributed by atoms with Gasteiger partial charge in [-0.25, -0.2) is 4.99 Å². The van der Waals surface area contributed by atoms with Crippen molar-refractivity contribution in [1.29, 1.82) is 0 Å². The van der Waals surface area contributed by atoms with Crippen molar-refractivity contribution in [2.45, 2.75) is 33.2 Å². The first-order chi connectivity index (χ1) is 14.8. The van der Waals surface area contributed by atoms with Crippen LogP contribution >= 0.6 is 0 Å². The van der Waals surface area contributed by atoms with Crippen molar-refractivity contribution < 1.29 is 9.53 Å². The summed E-state index contributed by atoms with van der Waals surface area (Å²) in [6, 6.07) is 21.4. The summed E-state index contributed by atoms with van der Waals surface area (Å²) in [5, 5.41) is 0. The van der Waals surface area contributed by atoms with E-state index >= 15 is 0 Å². The number of amides is 1. The maximum atomic E-state index is 13.5. The summed E-state index contributed by atoms with van der Waals surface area (Å²) in [5.41, 5.74) is 6.12. The molecule has 0 saturated carbocycles. The molecule has 3 aromatic rings. The zero-order valence-corrected chi connectivity index (χ0v) is 18.1. The Bertz CT molecular complexity index is 1250. The first kappa shape index (κ1) is 19.3. The molecule has 0 aliphatic carbocycles. The van der Waals surface area contributed by atoms with Gasteiger partial charge in [-0.05, 0) is 87.4 Å². The Hall–Kier alpha value is -3.66. The molecule has 4 heteroatoms. The number of ether oxygens (including phenoxy) is 1. The van der Waals surface area contributed by atoms with Crippen LogP contribution in [0.5, 0.6) is 11.5 Å². The van der Waals surface area contributed by atoms with Gasteiger partial charge >= 0.3 is 0 Å². The Balaban J connectivity index is 1.54. The molecule has 0 bridgehead atoms. The van der Waals surface area contributed by atoms with E-state index in [2.05, 4.69) is 45.9 Å². The molecule has 0 saturated heterocycles. The summed E-state index contributed by atoms with van der Waals surface area (Å²) in [4.78, 5) is 20.1. The van der Waals surface area contributed by atoms with Crippen molar-refractivity contribution >= 4 is 28.6 Å². The number of carbonyl (C=O) groups excluding carboxylic acids is 1. The van der Waals surface area contributed by atoms with E-state index in [1.807, 2.05) is 59.5 Å². The molecule has 0 atom stereocenters. The van der Waals surface area contributed by atoms with E-state index in [0.717, 1.165) is 39.6 Å². The molecule has 2 heterocycles. The summed E-state index contributed by atoms with van der Waals surface area (Å²) in [5.74, 6) is 1.45. The first-order valence-corrected chi connectivity index (χ1v) is 10.4. The number of rotatable bonds is 3. The van der Waals surface area contributed by atoms with Gasteiger partial charge in [-0.2, -0.15) is 0 Å². The number of hydrogen-bond acceptors (Lipinski definition) is 3. The van der Waals surface area contributed by atoms with Gasteiger partial charge in [0.1, 0.15) is 17.2 Å². The second kappa shape index (κ2) is 6.95. The molecular weight excluding hydrogens is 384 g/mol. The minimum atomic E-state index is -0.400. The maximum absolute atomic E-state index is 13.5. The second-order valence-electron chi connectivity index (χ2n) is 8.70. The lowest BCUT2D eigenvalue weighted by Gasteiger charge is -2.38. The Labute approximate surface area is 182 Å². The molecule has 0 radical (unpaired) electrons. The number of para-hydroxylation sites is 1. The van der Waals surface area contributed by atoms with E-state index in [1.165, 1.54) is 5.57 Å². The maximum Gasteiger partial charge on any atom is 0.278 e. The van der Waals surface area contributed by atoms with Gasteiger partial charge < -0.3 is 4.74 Å². The zero-order chi connectivity index (χ0) is 21.8. The smallest absolute Gasteiger partial charge is 0.278 e. The molecule has 3 aromatic carbocycles. The number of aryl methyl sites for hydroxylation is 1. The highest BCUT2D eigenvalue weighted by Crippen LogP contribution is 2.46. The molecule has 31 heavy (non-hydrogen) atoms.